The van der Waals surface area contributed by atoms with Gasteiger partial charge in [0.15, 0.2) is 0 Å². The predicted molar refractivity (Wildman–Crippen MR) is 79.8 cm³/mol. The Morgan fingerprint density at radius 1 is 1.33 bits per heavy atom. The number of nitrogens with one attached hydrogen (secondary N) is 1. The lowest BCUT2D eigenvalue weighted by molar-refractivity contribution is -0.120. The summed E-state index contributed by atoms with van der Waals surface area (Å²) in [5.41, 5.74) is 0.420. The van der Waals surface area contributed by atoms with Crippen molar-refractivity contribution in [2.45, 2.75) is 35.4 Å². The Bertz CT molecular complexity index is 721. The first kappa shape index (κ1) is 18.7. The number of sulfone groups is 1. The standard InChI is InChI=1S/C14H17F3N2O4S/c1-23-9-6-11(12(18)7-9)13(20)19-8-3-2-4-10(5-8)24(21,22)14(15,16)17/h2-5,9,11-12H,6-7,18H2,1H3,(H,19,20)/t9-,11-,12+/m1/s1. The van der Waals surface area contributed by atoms with E-state index in [0.717, 1.165) is 18.2 Å². The monoisotopic (exact) mass is 366 g/mol. The number of ether oxygens (including phenoxy) is 1. The molecule has 2 rings (SSSR count). The lowest BCUT2D eigenvalue weighted by Gasteiger charge is -2.15. The third-order valence-corrected chi connectivity index (χ3v) is 5.44. The van der Waals surface area contributed by atoms with Gasteiger partial charge in [0.25, 0.3) is 9.84 Å². The number of methoxy groups -OCH3 is 1. The summed E-state index contributed by atoms with van der Waals surface area (Å²) in [5, 5.41) is 2.42. The molecule has 3 atom stereocenters. The number of rotatable bonds is 4. The molecule has 0 saturated heterocycles. The SMILES string of the molecule is CO[C@H]1C[C@H](N)[C@H](C(=O)Nc2cccc(S(=O)(=O)C(F)(F)F)c2)C1. The van der Waals surface area contributed by atoms with Gasteiger partial charge in [-0.3, -0.25) is 4.79 Å². The van der Waals surface area contributed by atoms with E-state index in [2.05, 4.69) is 5.32 Å². The van der Waals surface area contributed by atoms with Crippen molar-refractivity contribution in [3.05, 3.63) is 24.3 Å². The minimum absolute atomic E-state index is 0.0432. The second-order valence-corrected chi connectivity index (χ2v) is 7.51. The van der Waals surface area contributed by atoms with E-state index in [4.69, 9.17) is 10.5 Å². The third-order valence-electron chi connectivity index (χ3n) is 3.96. The van der Waals surface area contributed by atoms with Crippen LogP contribution in [0.15, 0.2) is 29.2 Å². The highest BCUT2D eigenvalue weighted by molar-refractivity contribution is 7.92. The van der Waals surface area contributed by atoms with Crippen LogP contribution >= 0.6 is 0 Å². The van der Waals surface area contributed by atoms with Gasteiger partial charge in [-0.25, -0.2) is 8.42 Å². The van der Waals surface area contributed by atoms with Crippen molar-refractivity contribution in [1.29, 1.82) is 0 Å². The highest BCUT2D eigenvalue weighted by atomic mass is 32.2. The topological polar surface area (TPSA) is 98.5 Å². The second-order valence-electron chi connectivity index (χ2n) is 5.57. The molecule has 10 heteroatoms. The Kier molecular flexibility index (Phi) is 5.21. The Morgan fingerprint density at radius 2 is 2.00 bits per heavy atom. The highest BCUT2D eigenvalue weighted by Gasteiger charge is 2.47. The van der Waals surface area contributed by atoms with Crippen LogP contribution in [0, 0.1) is 5.92 Å². The Morgan fingerprint density at radius 3 is 2.54 bits per heavy atom. The maximum atomic E-state index is 12.6. The number of hydrogen-bond acceptors (Lipinski definition) is 5. The van der Waals surface area contributed by atoms with Crippen molar-refractivity contribution in [2.24, 2.45) is 11.7 Å². The van der Waals surface area contributed by atoms with Crippen LogP contribution in [0.1, 0.15) is 12.8 Å². The number of alkyl halides is 3. The van der Waals surface area contributed by atoms with Gasteiger partial charge < -0.3 is 15.8 Å². The minimum Gasteiger partial charge on any atom is -0.381 e. The average molecular weight is 366 g/mol. The first-order chi connectivity index (χ1) is 11.1. The molecule has 1 fully saturated rings. The Balaban J connectivity index is 2.17. The van der Waals surface area contributed by atoms with Crippen LogP contribution in [0.4, 0.5) is 18.9 Å². The van der Waals surface area contributed by atoms with E-state index in [0.29, 0.717) is 12.8 Å². The minimum atomic E-state index is -5.47. The molecule has 0 bridgehead atoms. The summed E-state index contributed by atoms with van der Waals surface area (Å²) in [7, 11) is -3.97. The molecule has 0 spiro atoms. The summed E-state index contributed by atoms with van der Waals surface area (Å²) in [4.78, 5) is 11.3. The zero-order valence-corrected chi connectivity index (χ0v) is 13.5. The van der Waals surface area contributed by atoms with Crippen molar-refractivity contribution in [2.75, 3.05) is 12.4 Å². The Hall–Kier alpha value is -1.65. The van der Waals surface area contributed by atoms with Crippen molar-refractivity contribution in [3.8, 4) is 0 Å². The number of hydrogen-bond donors (Lipinski definition) is 2. The summed E-state index contributed by atoms with van der Waals surface area (Å²) in [6.45, 7) is 0. The van der Waals surface area contributed by atoms with Gasteiger partial charge in [-0.15, -0.1) is 0 Å². The van der Waals surface area contributed by atoms with Gasteiger partial charge in [0.1, 0.15) is 0 Å². The molecule has 1 aliphatic rings. The molecular formula is C14H17F3N2O4S. The predicted octanol–water partition coefficient (Wildman–Crippen LogP) is 1.67. The fourth-order valence-corrected chi connectivity index (χ4v) is 3.43. The Labute approximate surface area is 137 Å². The van der Waals surface area contributed by atoms with Crippen LogP contribution in [-0.4, -0.2) is 39.1 Å². The molecule has 1 aromatic carbocycles. The number of halogens is 3. The molecule has 1 amide bonds. The molecule has 1 saturated carbocycles. The summed E-state index contributed by atoms with van der Waals surface area (Å²) < 4.78 is 65.7. The van der Waals surface area contributed by atoms with Gasteiger partial charge in [0.2, 0.25) is 5.91 Å². The highest BCUT2D eigenvalue weighted by Crippen LogP contribution is 2.32. The van der Waals surface area contributed by atoms with Gasteiger partial charge in [-0.2, -0.15) is 13.2 Å². The van der Waals surface area contributed by atoms with Crippen LogP contribution in [-0.2, 0) is 19.4 Å². The normalized spacial score (nSPS) is 24.8. The zero-order valence-electron chi connectivity index (χ0n) is 12.7. The van der Waals surface area contributed by atoms with Crippen molar-refractivity contribution in [3.63, 3.8) is 0 Å². The fourth-order valence-electron chi connectivity index (χ4n) is 2.63. The van der Waals surface area contributed by atoms with E-state index < -0.39 is 38.1 Å². The lowest BCUT2D eigenvalue weighted by atomic mass is 10.0. The van der Waals surface area contributed by atoms with Gasteiger partial charge in [0.05, 0.1) is 16.9 Å². The molecule has 6 nitrogen and oxygen atoms in total. The van der Waals surface area contributed by atoms with Gasteiger partial charge in [0, 0.05) is 18.8 Å². The third kappa shape index (κ3) is 3.70. The summed E-state index contributed by atoms with van der Waals surface area (Å²) in [6.07, 6.45) is 0.730. The van der Waals surface area contributed by atoms with E-state index in [1.165, 1.54) is 13.2 Å². The van der Waals surface area contributed by atoms with Crippen LogP contribution in [0.3, 0.4) is 0 Å². The molecule has 0 radical (unpaired) electrons. The maximum absolute atomic E-state index is 12.6. The van der Waals surface area contributed by atoms with Crippen LogP contribution in [0.5, 0.6) is 0 Å². The fraction of sp³-hybridized carbons (Fsp3) is 0.500. The first-order valence-electron chi connectivity index (χ1n) is 7.07. The number of anilines is 1. The molecule has 1 aromatic rings. The van der Waals surface area contributed by atoms with Gasteiger partial charge >= 0.3 is 5.51 Å². The summed E-state index contributed by atoms with van der Waals surface area (Å²) in [5.74, 6) is -1.04. The van der Waals surface area contributed by atoms with Crippen molar-refractivity contribution < 1.29 is 31.1 Å². The molecule has 0 aromatic heterocycles. The molecule has 24 heavy (non-hydrogen) atoms. The maximum Gasteiger partial charge on any atom is 0.501 e. The van der Waals surface area contributed by atoms with Gasteiger partial charge in [-0.1, -0.05) is 6.07 Å². The van der Waals surface area contributed by atoms with Crippen molar-refractivity contribution in [1.82, 2.24) is 0 Å². The van der Waals surface area contributed by atoms with Crippen LogP contribution in [0.2, 0.25) is 0 Å². The molecular weight excluding hydrogens is 349 g/mol. The lowest BCUT2D eigenvalue weighted by Crippen LogP contribution is -2.34. The number of carbonyl (C=O) groups excluding carboxylic acids is 1. The molecule has 1 aliphatic carbocycles. The number of benzene rings is 1. The van der Waals surface area contributed by atoms with Crippen LogP contribution < -0.4 is 11.1 Å². The van der Waals surface area contributed by atoms with Crippen LogP contribution in [0.25, 0.3) is 0 Å². The second kappa shape index (κ2) is 6.69. The number of nitrogens with two attached hydrogens (primary N) is 1. The van der Waals surface area contributed by atoms with E-state index in [9.17, 15) is 26.4 Å². The van der Waals surface area contributed by atoms with E-state index in [1.807, 2.05) is 0 Å². The molecule has 0 heterocycles. The summed E-state index contributed by atoms with van der Waals surface area (Å²) in [6, 6.07) is 3.59. The van der Waals surface area contributed by atoms with E-state index in [1.54, 1.807) is 0 Å². The first-order valence-corrected chi connectivity index (χ1v) is 8.55. The van der Waals surface area contributed by atoms with E-state index in [-0.39, 0.29) is 11.8 Å². The number of carbonyl (C=O) groups is 1. The largest absolute Gasteiger partial charge is 0.501 e. The summed E-state index contributed by atoms with van der Waals surface area (Å²) >= 11 is 0. The quantitative estimate of drug-likeness (QED) is 0.845. The number of amides is 1. The zero-order chi connectivity index (χ0) is 18.1. The van der Waals surface area contributed by atoms with Gasteiger partial charge in [-0.05, 0) is 31.0 Å². The molecule has 0 aliphatic heterocycles. The molecule has 3 N–H and O–H groups in total. The molecule has 0 unspecified atom stereocenters. The van der Waals surface area contributed by atoms with Crippen molar-refractivity contribution >= 4 is 21.4 Å². The van der Waals surface area contributed by atoms with E-state index >= 15 is 0 Å². The average Bonchev–Trinajstić information content (AvgIpc) is 2.87. The smallest absolute Gasteiger partial charge is 0.381 e. The molecule has 134 valence electrons.